The monoisotopic (exact) mass is 352 g/mol. The lowest BCUT2D eigenvalue weighted by Gasteiger charge is -2.31. The van der Waals surface area contributed by atoms with Gasteiger partial charge in [-0.05, 0) is 37.1 Å². The number of benzene rings is 2. The lowest BCUT2D eigenvalue weighted by molar-refractivity contribution is -0.114. The zero-order valence-corrected chi connectivity index (χ0v) is 15.0. The second kappa shape index (κ2) is 6.90. The van der Waals surface area contributed by atoms with Crippen LogP contribution in [0.5, 0.6) is 11.5 Å². The third-order valence-electron chi connectivity index (χ3n) is 5.01. The third kappa shape index (κ3) is 3.47. The number of hydrogen-bond acceptors (Lipinski definition) is 4. The summed E-state index contributed by atoms with van der Waals surface area (Å²) in [6, 6.07) is 15.5. The van der Waals surface area contributed by atoms with Gasteiger partial charge < -0.3 is 19.7 Å². The first-order valence-electron chi connectivity index (χ1n) is 9.22. The van der Waals surface area contributed by atoms with Crippen LogP contribution in [0, 0.1) is 0 Å². The smallest absolute Gasteiger partial charge is 0.251 e. The number of rotatable bonds is 4. The molecule has 1 heterocycles. The Bertz CT molecular complexity index is 785. The van der Waals surface area contributed by atoms with Gasteiger partial charge in [0.25, 0.3) is 5.79 Å². The Hall–Kier alpha value is -2.69. The Kier molecular flexibility index (Phi) is 4.45. The molecule has 26 heavy (non-hydrogen) atoms. The minimum Gasteiger partial charge on any atom is -0.448 e. The second-order valence-electron chi connectivity index (χ2n) is 7.08. The van der Waals surface area contributed by atoms with Crippen molar-refractivity contribution in [1.82, 2.24) is 0 Å². The second-order valence-corrected chi connectivity index (χ2v) is 7.08. The molecule has 0 aromatic heterocycles. The van der Waals surface area contributed by atoms with E-state index in [1.54, 1.807) is 0 Å². The van der Waals surface area contributed by atoms with Crippen molar-refractivity contribution >= 4 is 17.3 Å². The molecule has 0 bridgehead atoms. The summed E-state index contributed by atoms with van der Waals surface area (Å²) < 4.78 is 12.2. The van der Waals surface area contributed by atoms with E-state index in [0.29, 0.717) is 0 Å². The Balaban J connectivity index is 1.39. The average molecular weight is 352 g/mol. The first-order chi connectivity index (χ1) is 12.6. The average Bonchev–Trinajstić information content (AvgIpc) is 2.99. The van der Waals surface area contributed by atoms with Crippen LogP contribution >= 0.6 is 0 Å². The minimum absolute atomic E-state index is 0.0670. The van der Waals surface area contributed by atoms with Crippen LogP contribution in [0.25, 0.3) is 0 Å². The van der Waals surface area contributed by atoms with E-state index < -0.39 is 5.79 Å². The van der Waals surface area contributed by atoms with Gasteiger partial charge in [0, 0.05) is 37.3 Å². The van der Waals surface area contributed by atoms with Gasteiger partial charge in [-0.1, -0.05) is 24.6 Å². The largest absolute Gasteiger partial charge is 0.448 e. The van der Waals surface area contributed by atoms with Crippen LogP contribution in [-0.4, -0.2) is 25.3 Å². The fourth-order valence-electron chi connectivity index (χ4n) is 3.66. The van der Waals surface area contributed by atoms with Crippen molar-refractivity contribution in [2.45, 2.75) is 37.9 Å². The molecule has 2 aromatic carbocycles. The molecule has 0 unspecified atom stereocenters. The number of para-hydroxylation sites is 1. The summed E-state index contributed by atoms with van der Waals surface area (Å²) >= 11 is 0. The number of nitrogens with zero attached hydrogens (tertiary/aromatic N) is 1. The van der Waals surface area contributed by atoms with Gasteiger partial charge in [-0.2, -0.15) is 0 Å². The number of amides is 1. The predicted molar refractivity (Wildman–Crippen MR) is 102 cm³/mol. The molecule has 0 radical (unpaired) electrons. The van der Waals surface area contributed by atoms with E-state index in [9.17, 15) is 4.79 Å². The Labute approximate surface area is 153 Å². The number of nitrogens with one attached hydrogen (secondary N) is 1. The van der Waals surface area contributed by atoms with Gasteiger partial charge in [0.15, 0.2) is 11.5 Å². The highest BCUT2D eigenvalue weighted by atomic mass is 16.7. The van der Waals surface area contributed by atoms with Crippen LogP contribution in [0.15, 0.2) is 48.5 Å². The van der Waals surface area contributed by atoms with Gasteiger partial charge in [0.1, 0.15) is 0 Å². The molecule has 5 nitrogen and oxygen atoms in total. The van der Waals surface area contributed by atoms with Crippen LogP contribution in [-0.2, 0) is 4.79 Å². The zero-order valence-electron chi connectivity index (χ0n) is 15.0. The number of hydrogen-bond donors (Lipinski definition) is 1. The highest BCUT2D eigenvalue weighted by molar-refractivity contribution is 5.94. The van der Waals surface area contributed by atoms with Crippen LogP contribution in [0.4, 0.5) is 11.4 Å². The molecule has 1 spiro atoms. The zero-order chi connectivity index (χ0) is 18.0. The summed E-state index contributed by atoms with van der Waals surface area (Å²) in [5.41, 5.74) is 1.74. The molecule has 1 aliphatic carbocycles. The molecule has 1 saturated carbocycles. The van der Waals surface area contributed by atoms with Crippen molar-refractivity contribution in [1.29, 1.82) is 0 Å². The Morgan fingerprint density at radius 3 is 2.54 bits per heavy atom. The lowest BCUT2D eigenvalue weighted by Crippen LogP contribution is -2.40. The molecule has 0 saturated heterocycles. The number of ether oxygens (including phenoxy) is 2. The standard InChI is InChI=1S/C21H24N2O3/c1-23(17-8-4-2-5-9-17)15-20(24)22-16-10-11-18-19(14-16)26-21(25-18)12-6-3-7-13-21/h2,4-5,8-11,14H,3,6-7,12-13,15H2,1H3,(H,22,24). The number of likely N-dealkylation sites (N-methyl/N-ethyl adjacent to an activating group) is 1. The summed E-state index contributed by atoms with van der Waals surface area (Å²) in [4.78, 5) is 14.3. The quantitative estimate of drug-likeness (QED) is 0.896. The molecule has 1 amide bonds. The van der Waals surface area contributed by atoms with Crippen molar-refractivity contribution in [3.63, 3.8) is 0 Å². The fraction of sp³-hybridized carbons (Fsp3) is 0.381. The molecular formula is C21H24N2O3. The molecule has 1 N–H and O–H groups in total. The minimum atomic E-state index is -0.489. The first-order valence-corrected chi connectivity index (χ1v) is 9.22. The molecule has 5 heteroatoms. The number of carbonyl (C=O) groups excluding carboxylic acids is 1. The van der Waals surface area contributed by atoms with E-state index in [2.05, 4.69) is 5.32 Å². The number of carbonyl (C=O) groups is 1. The van der Waals surface area contributed by atoms with Crippen molar-refractivity contribution < 1.29 is 14.3 Å². The Morgan fingerprint density at radius 2 is 1.77 bits per heavy atom. The van der Waals surface area contributed by atoms with Gasteiger partial charge in [-0.15, -0.1) is 0 Å². The van der Waals surface area contributed by atoms with Gasteiger partial charge in [0.05, 0.1) is 6.54 Å². The number of fused-ring (bicyclic) bond motifs is 1. The van der Waals surface area contributed by atoms with Crippen LogP contribution in [0.3, 0.4) is 0 Å². The van der Waals surface area contributed by atoms with E-state index in [1.165, 1.54) is 6.42 Å². The normalized spacial score (nSPS) is 17.1. The first kappa shape index (κ1) is 16.8. The maximum Gasteiger partial charge on any atom is 0.251 e. The van der Waals surface area contributed by atoms with Gasteiger partial charge in [0.2, 0.25) is 5.91 Å². The lowest BCUT2D eigenvalue weighted by atomic mass is 9.94. The van der Waals surface area contributed by atoms with Crippen LogP contribution in [0.2, 0.25) is 0 Å². The summed E-state index contributed by atoms with van der Waals surface area (Å²) in [5, 5.41) is 2.95. The summed E-state index contributed by atoms with van der Waals surface area (Å²) in [5.74, 6) is 0.937. The summed E-state index contributed by atoms with van der Waals surface area (Å²) in [7, 11) is 1.90. The number of anilines is 2. The van der Waals surface area contributed by atoms with E-state index >= 15 is 0 Å². The maximum atomic E-state index is 12.4. The highest BCUT2D eigenvalue weighted by Gasteiger charge is 2.42. The van der Waals surface area contributed by atoms with Gasteiger partial charge in [-0.25, -0.2) is 0 Å². The summed E-state index contributed by atoms with van der Waals surface area (Å²) in [6.07, 6.45) is 5.34. The fourth-order valence-corrected chi connectivity index (χ4v) is 3.66. The molecule has 136 valence electrons. The summed E-state index contributed by atoms with van der Waals surface area (Å²) in [6.45, 7) is 0.280. The topological polar surface area (TPSA) is 50.8 Å². The molecule has 2 aromatic rings. The molecule has 2 aliphatic rings. The van der Waals surface area contributed by atoms with Gasteiger partial charge in [-0.3, -0.25) is 4.79 Å². The molecular weight excluding hydrogens is 328 g/mol. The van der Waals surface area contributed by atoms with Crippen molar-refractivity contribution in [2.24, 2.45) is 0 Å². The molecule has 4 rings (SSSR count). The predicted octanol–water partition coefficient (Wildman–Crippen LogP) is 4.19. The van der Waals surface area contributed by atoms with Crippen molar-refractivity contribution in [2.75, 3.05) is 23.8 Å². The van der Waals surface area contributed by atoms with Crippen molar-refractivity contribution in [3.05, 3.63) is 48.5 Å². The molecule has 1 aliphatic heterocycles. The van der Waals surface area contributed by atoms with Crippen LogP contribution in [0.1, 0.15) is 32.1 Å². The molecule has 1 fully saturated rings. The van der Waals surface area contributed by atoms with Crippen LogP contribution < -0.4 is 19.7 Å². The van der Waals surface area contributed by atoms with E-state index in [-0.39, 0.29) is 12.5 Å². The highest BCUT2D eigenvalue weighted by Crippen LogP contribution is 2.46. The van der Waals surface area contributed by atoms with Gasteiger partial charge >= 0.3 is 0 Å². The van der Waals surface area contributed by atoms with E-state index in [1.807, 2.05) is 60.5 Å². The SMILES string of the molecule is CN(CC(=O)Nc1ccc2c(c1)OC1(CCCCC1)O2)c1ccccc1. The van der Waals surface area contributed by atoms with E-state index in [0.717, 1.165) is 48.6 Å². The third-order valence-corrected chi connectivity index (χ3v) is 5.01. The molecule has 0 atom stereocenters. The van der Waals surface area contributed by atoms with Crippen molar-refractivity contribution in [3.8, 4) is 11.5 Å². The Morgan fingerprint density at radius 1 is 1.04 bits per heavy atom. The maximum absolute atomic E-state index is 12.4. The van der Waals surface area contributed by atoms with E-state index in [4.69, 9.17) is 9.47 Å².